The number of aliphatic hydroxyl groups excluding tert-OH is 1. The van der Waals surface area contributed by atoms with E-state index in [-0.39, 0.29) is 57.1 Å². The number of esters is 2. The van der Waals surface area contributed by atoms with E-state index in [4.69, 9.17) is 46.5 Å². The van der Waals surface area contributed by atoms with Gasteiger partial charge in [-0.05, 0) is 59.0 Å². The topological polar surface area (TPSA) is 253 Å². The number of ketones is 1. The van der Waals surface area contributed by atoms with Crippen molar-refractivity contribution in [2.75, 3.05) is 38.7 Å². The summed E-state index contributed by atoms with van der Waals surface area (Å²) in [5, 5.41) is 14.5. The molecule has 2 aliphatic rings. The summed E-state index contributed by atoms with van der Waals surface area (Å²) in [6.07, 6.45) is 7.50. The molecule has 20 nitrogen and oxygen atoms in total. The second-order valence-corrected chi connectivity index (χ2v) is 30.6. The maximum atomic E-state index is 13.3. The maximum Gasteiger partial charge on any atom is 0.658 e. The lowest BCUT2D eigenvalue weighted by atomic mass is 10.00. The normalized spacial score (nSPS) is 21.4. The first-order valence-corrected chi connectivity index (χ1v) is 31.5. The van der Waals surface area contributed by atoms with Gasteiger partial charge in [-0.3, -0.25) is 14.2 Å². The molecule has 1 aliphatic carbocycles. The van der Waals surface area contributed by atoms with Crippen molar-refractivity contribution in [1.82, 2.24) is 24.8 Å². The number of Topliss-reactive ketones (excluding diaryl/α,β-unsaturated/α-hetero) is 1. The zero-order valence-corrected chi connectivity index (χ0v) is 42.8. The number of carbonyl (C=O) groups excluding carboxylic acids is 4. The van der Waals surface area contributed by atoms with E-state index in [9.17, 15) is 24.3 Å². The van der Waals surface area contributed by atoms with Crippen molar-refractivity contribution in [3.8, 4) is 0 Å². The zero-order chi connectivity index (χ0) is 47.8. The second kappa shape index (κ2) is 25.8. The molecule has 23 heteroatoms. The summed E-state index contributed by atoms with van der Waals surface area (Å²) in [7, 11) is -8.66. The number of carbonyl (C=O) groups is 4. The summed E-state index contributed by atoms with van der Waals surface area (Å²) >= 11 is 0. The number of nitrogens with two attached hydrogens (primary N) is 1. The van der Waals surface area contributed by atoms with E-state index in [2.05, 4.69) is 59.6 Å². The van der Waals surface area contributed by atoms with Crippen LogP contribution in [0.1, 0.15) is 104 Å². The minimum absolute atomic E-state index is 0.00598. The lowest BCUT2D eigenvalue weighted by molar-refractivity contribution is -0.171. The number of rotatable bonds is 22. The summed E-state index contributed by atoms with van der Waals surface area (Å²) in [5.74, 6) is -2.41. The summed E-state index contributed by atoms with van der Waals surface area (Å²) in [6, 6.07) is 0. The summed E-state index contributed by atoms with van der Waals surface area (Å²) in [4.78, 5) is 62.1. The summed E-state index contributed by atoms with van der Waals surface area (Å²) in [6.45, 7) is 16.5. The molecular formula is C42H74N6O14Si3. The van der Waals surface area contributed by atoms with Gasteiger partial charge >= 0.3 is 27.1 Å². The standard InChI is InChI=1S/C42H74N6O14Si3/c1-29(2)40(51)59-41(52)32(25-30(3)49)55-24-23-54-22-21-44-42(53)58-36-35(50)33(57-39(36)48-28-47-34-37(43)45-27-46-38(34)48)26-56-65(61-63(4,5)6,62-64(7,8)9)60-31-19-17-15-13-11-10-12-14-16-18-20-31/h27-29,31-33,35-36,39,50H,10-26H2,1-9H3,(H,44,53)(H2,43,45,46)/t32?,33-,35-,36-,39-/m1/s1. The Bertz CT molecular complexity index is 1800. The van der Waals surface area contributed by atoms with Crippen LogP contribution >= 0.6 is 0 Å². The molecule has 4 N–H and O–H groups in total. The van der Waals surface area contributed by atoms with Gasteiger partial charge in [0.25, 0.3) is 0 Å². The third kappa shape index (κ3) is 18.4. The number of nitrogens with one attached hydrogen (secondary N) is 1. The van der Waals surface area contributed by atoms with Crippen LogP contribution in [0.15, 0.2) is 12.7 Å². The van der Waals surface area contributed by atoms with Crippen molar-refractivity contribution in [3.05, 3.63) is 12.7 Å². The van der Waals surface area contributed by atoms with Gasteiger partial charge in [0.05, 0.1) is 44.8 Å². The maximum absolute atomic E-state index is 13.3. The number of aliphatic hydroxyl groups is 1. The molecular weight excluding hydrogens is 897 g/mol. The highest BCUT2D eigenvalue weighted by Crippen LogP contribution is 2.36. The fourth-order valence-corrected chi connectivity index (χ4v) is 15.8. The van der Waals surface area contributed by atoms with Crippen molar-refractivity contribution in [3.63, 3.8) is 0 Å². The molecule has 3 heterocycles. The van der Waals surface area contributed by atoms with Gasteiger partial charge in [-0.1, -0.05) is 71.6 Å². The largest absolute Gasteiger partial charge is 0.658 e. The molecule has 368 valence electrons. The Morgan fingerprint density at radius 1 is 0.877 bits per heavy atom. The van der Waals surface area contributed by atoms with E-state index in [0.717, 1.165) is 38.5 Å². The van der Waals surface area contributed by atoms with Crippen molar-refractivity contribution in [1.29, 1.82) is 0 Å². The second-order valence-electron chi connectivity index (χ2n) is 18.9. The van der Waals surface area contributed by atoms with Gasteiger partial charge < -0.3 is 56.9 Å². The predicted molar refractivity (Wildman–Crippen MR) is 246 cm³/mol. The van der Waals surface area contributed by atoms with Crippen LogP contribution in [0.3, 0.4) is 0 Å². The van der Waals surface area contributed by atoms with Crippen LogP contribution in [0, 0.1) is 5.92 Å². The van der Waals surface area contributed by atoms with Crippen LogP contribution in [-0.2, 0) is 55.2 Å². The molecule has 1 saturated carbocycles. The minimum atomic E-state index is -3.91. The van der Waals surface area contributed by atoms with Crippen LogP contribution in [-0.4, -0.2) is 138 Å². The highest BCUT2D eigenvalue weighted by Gasteiger charge is 2.55. The van der Waals surface area contributed by atoms with Gasteiger partial charge in [0.15, 0.2) is 46.5 Å². The highest BCUT2D eigenvalue weighted by atomic mass is 28.5. The van der Waals surface area contributed by atoms with Crippen LogP contribution in [0.4, 0.5) is 10.6 Å². The van der Waals surface area contributed by atoms with Crippen molar-refractivity contribution < 1.29 is 65.1 Å². The third-order valence-corrected chi connectivity index (χ3v) is 18.4. The first-order chi connectivity index (χ1) is 30.7. The molecule has 1 aliphatic heterocycles. The minimum Gasteiger partial charge on any atom is -0.439 e. The molecule has 4 rings (SSSR count). The van der Waals surface area contributed by atoms with E-state index < -0.39 is 80.3 Å². The van der Waals surface area contributed by atoms with Crippen LogP contribution in [0.5, 0.6) is 0 Å². The molecule has 1 unspecified atom stereocenters. The van der Waals surface area contributed by atoms with E-state index in [1.165, 1.54) is 56.2 Å². The number of imidazole rings is 1. The predicted octanol–water partition coefficient (Wildman–Crippen LogP) is 5.71. The third-order valence-electron chi connectivity index (χ3n) is 10.3. The molecule has 2 fully saturated rings. The Morgan fingerprint density at radius 3 is 2.08 bits per heavy atom. The molecule has 0 radical (unpaired) electrons. The Labute approximate surface area is 386 Å². The van der Waals surface area contributed by atoms with Gasteiger partial charge in [0.1, 0.15) is 29.8 Å². The van der Waals surface area contributed by atoms with Gasteiger partial charge in [-0.15, -0.1) is 0 Å². The smallest absolute Gasteiger partial charge is 0.439 e. The fourth-order valence-electron chi connectivity index (χ4n) is 7.30. The lowest BCUT2D eigenvalue weighted by Crippen LogP contribution is -2.61. The number of aromatic nitrogens is 4. The number of fused-ring (bicyclic) bond motifs is 1. The van der Waals surface area contributed by atoms with Crippen LogP contribution in [0.25, 0.3) is 11.2 Å². The molecule has 2 aromatic rings. The van der Waals surface area contributed by atoms with Crippen molar-refractivity contribution >= 4 is 66.5 Å². The number of anilines is 1. The summed E-state index contributed by atoms with van der Waals surface area (Å²) < 4.78 is 57.3. The van der Waals surface area contributed by atoms with Crippen LogP contribution < -0.4 is 11.1 Å². The van der Waals surface area contributed by atoms with Gasteiger partial charge in [0, 0.05) is 13.0 Å². The fraction of sp³-hybridized carbons (Fsp3) is 0.786. The number of hydrogen-bond acceptors (Lipinski definition) is 18. The van der Waals surface area contributed by atoms with Crippen molar-refractivity contribution in [2.45, 2.75) is 174 Å². The zero-order valence-electron chi connectivity index (χ0n) is 39.8. The number of nitrogens with zero attached hydrogens (tertiary/aromatic N) is 4. The van der Waals surface area contributed by atoms with Crippen molar-refractivity contribution in [2.24, 2.45) is 5.92 Å². The highest BCUT2D eigenvalue weighted by molar-refractivity contribution is 6.83. The quantitative estimate of drug-likeness (QED) is 0.0553. The molecule has 0 aromatic carbocycles. The molecule has 2 aromatic heterocycles. The Kier molecular flexibility index (Phi) is 21.6. The van der Waals surface area contributed by atoms with Gasteiger partial charge in [-0.25, -0.2) is 24.5 Å². The molecule has 65 heavy (non-hydrogen) atoms. The first kappa shape index (κ1) is 54.4. The molecule has 1 saturated heterocycles. The monoisotopic (exact) mass is 970 g/mol. The number of ether oxygens (including phenoxy) is 5. The van der Waals surface area contributed by atoms with E-state index in [1.54, 1.807) is 13.8 Å². The number of amides is 1. The van der Waals surface area contributed by atoms with E-state index >= 15 is 0 Å². The van der Waals surface area contributed by atoms with E-state index in [0.29, 0.717) is 11.2 Å². The SMILES string of the molecule is CC(=O)CC(OCCOCCNC(=O)O[C@@H]1[C@H](O)[C@@H](CO[Si](OC2CCCCCCCCCCC2)(O[Si](C)(C)C)O[Si](C)(C)C)O[C@H]1n1cnc2c(N)ncnc21)C(=O)OC(=O)C(C)C. The average Bonchev–Trinajstić information content (AvgIpc) is 3.76. The molecule has 0 spiro atoms. The first-order valence-electron chi connectivity index (χ1n) is 23.0. The number of alkyl carbamates (subject to hydrolysis) is 1. The number of hydrogen-bond donors (Lipinski definition) is 3. The summed E-state index contributed by atoms with van der Waals surface area (Å²) in [5.41, 5.74) is 6.70. The molecule has 1 amide bonds. The lowest BCUT2D eigenvalue weighted by Gasteiger charge is -2.40. The van der Waals surface area contributed by atoms with Gasteiger partial charge in [-0.2, -0.15) is 0 Å². The van der Waals surface area contributed by atoms with E-state index in [1.807, 2.05) is 0 Å². The molecule has 5 atom stereocenters. The average molecular weight is 971 g/mol. The number of nitrogen functional groups attached to an aromatic ring is 1. The van der Waals surface area contributed by atoms with Gasteiger partial charge in [0.2, 0.25) is 0 Å². The molecule has 0 bridgehead atoms. The Balaban J connectivity index is 1.46. The Hall–Kier alpha value is -3.24. The Morgan fingerprint density at radius 2 is 1.49 bits per heavy atom. The van der Waals surface area contributed by atoms with Crippen LogP contribution in [0.2, 0.25) is 39.3 Å².